The van der Waals surface area contributed by atoms with Gasteiger partial charge < -0.3 is 13.9 Å². The molecule has 3 aromatic rings. The van der Waals surface area contributed by atoms with Gasteiger partial charge in [0.05, 0.1) is 18.8 Å². The molecule has 2 aromatic carbocycles. The van der Waals surface area contributed by atoms with E-state index >= 15 is 0 Å². The van der Waals surface area contributed by atoms with Crippen LogP contribution >= 0.6 is 0 Å². The van der Waals surface area contributed by atoms with Crippen LogP contribution in [-0.4, -0.2) is 43.2 Å². The van der Waals surface area contributed by atoms with Gasteiger partial charge in [0.25, 0.3) is 5.91 Å². The number of aryl methyl sites for hydroxylation is 1. The van der Waals surface area contributed by atoms with Crippen molar-refractivity contribution in [2.75, 3.05) is 26.3 Å². The van der Waals surface area contributed by atoms with Crippen molar-refractivity contribution in [2.45, 2.75) is 13.8 Å². The third kappa shape index (κ3) is 3.27. The van der Waals surface area contributed by atoms with Gasteiger partial charge in [-0.15, -0.1) is 0 Å². The van der Waals surface area contributed by atoms with Gasteiger partial charge in [-0.1, -0.05) is 24.3 Å². The summed E-state index contributed by atoms with van der Waals surface area (Å²) in [6.07, 6.45) is 0. The second-order valence-corrected chi connectivity index (χ2v) is 6.46. The number of rotatable bonds is 3. The highest BCUT2D eigenvalue weighted by Gasteiger charge is 2.24. The van der Waals surface area contributed by atoms with Gasteiger partial charge in [0.1, 0.15) is 17.1 Å². The van der Waals surface area contributed by atoms with E-state index in [2.05, 4.69) is 5.43 Å². The first-order valence-electron chi connectivity index (χ1n) is 8.81. The highest BCUT2D eigenvalue weighted by molar-refractivity contribution is 6.15. The molecule has 2 heterocycles. The second kappa shape index (κ2) is 7.02. The largest absolute Gasteiger partial charge is 0.460 e. The SMILES string of the molecule is CC(=O)Oc1cc2c(C(=O)NN3CCOCC3)c(C)oc2c2ccccc12. The number of esters is 1. The van der Waals surface area contributed by atoms with Crippen molar-refractivity contribution in [3.05, 3.63) is 41.7 Å². The number of carbonyl (C=O) groups is 2. The number of hydrazine groups is 1. The Morgan fingerprint density at radius 3 is 2.52 bits per heavy atom. The first kappa shape index (κ1) is 17.5. The molecule has 140 valence electrons. The summed E-state index contributed by atoms with van der Waals surface area (Å²) in [6, 6.07) is 9.19. The second-order valence-electron chi connectivity index (χ2n) is 6.46. The van der Waals surface area contributed by atoms with E-state index in [1.807, 2.05) is 29.3 Å². The maximum atomic E-state index is 12.9. The minimum atomic E-state index is -0.418. The van der Waals surface area contributed by atoms with Crippen LogP contribution in [0.1, 0.15) is 23.0 Å². The molecule has 1 aromatic heterocycles. The Balaban J connectivity index is 1.83. The first-order valence-corrected chi connectivity index (χ1v) is 8.81. The number of amides is 1. The highest BCUT2D eigenvalue weighted by atomic mass is 16.5. The summed E-state index contributed by atoms with van der Waals surface area (Å²) in [7, 11) is 0. The molecular formula is C20H20N2O5. The quantitative estimate of drug-likeness (QED) is 0.566. The number of nitrogens with zero attached hydrogens (tertiary/aromatic N) is 1. The van der Waals surface area contributed by atoms with Gasteiger partial charge in [-0.25, -0.2) is 5.01 Å². The molecule has 0 bridgehead atoms. The molecular weight excluding hydrogens is 348 g/mol. The van der Waals surface area contributed by atoms with Gasteiger partial charge in [0.15, 0.2) is 0 Å². The van der Waals surface area contributed by atoms with Crippen LogP contribution in [0.5, 0.6) is 5.75 Å². The van der Waals surface area contributed by atoms with Crippen LogP contribution in [0.2, 0.25) is 0 Å². The lowest BCUT2D eigenvalue weighted by atomic mass is 10.0. The molecule has 1 fully saturated rings. The van der Waals surface area contributed by atoms with Gasteiger partial charge in [0.2, 0.25) is 0 Å². The Kier molecular flexibility index (Phi) is 4.55. The molecule has 27 heavy (non-hydrogen) atoms. The molecule has 1 aliphatic rings. The molecule has 0 aliphatic carbocycles. The Bertz CT molecular complexity index is 1030. The zero-order chi connectivity index (χ0) is 19.0. The van der Waals surface area contributed by atoms with Crippen LogP contribution in [-0.2, 0) is 9.53 Å². The minimum Gasteiger partial charge on any atom is -0.460 e. The molecule has 0 spiro atoms. The van der Waals surface area contributed by atoms with E-state index in [0.29, 0.717) is 54.3 Å². The number of morpholine rings is 1. The van der Waals surface area contributed by atoms with E-state index in [4.69, 9.17) is 13.9 Å². The molecule has 1 saturated heterocycles. The summed E-state index contributed by atoms with van der Waals surface area (Å²) in [5.41, 5.74) is 3.95. The van der Waals surface area contributed by atoms with E-state index < -0.39 is 5.97 Å². The van der Waals surface area contributed by atoms with Gasteiger partial charge in [-0.05, 0) is 13.0 Å². The summed E-state index contributed by atoms with van der Waals surface area (Å²) in [5.74, 6) is 0.254. The number of furan rings is 1. The maximum absolute atomic E-state index is 12.9. The third-order valence-electron chi connectivity index (χ3n) is 4.59. The third-order valence-corrected chi connectivity index (χ3v) is 4.59. The smallest absolute Gasteiger partial charge is 0.308 e. The van der Waals surface area contributed by atoms with Crippen molar-refractivity contribution in [1.82, 2.24) is 10.4 Å². The normalized spacial score (nSPS) is 15.2. The fourth-order valence-electron chi connectivity index (χ4n) is 3.40. The number of benzene rings is 2. The fourth-order valence-corrected chi connectivity index (χ4v) is 3.40. The first-order chi connectivity index (χ1) is 13.0. The topological polar surface area (TPSA) is 81.0 Å². The molecule has 1 amide bonds. The average Bonchev–Trinajstić information content (AvgIpc) is 2.98. The number of carbonyl (C=O) groups excluding carboxylic acids is 2. The molecule has 0 saturated carbocycles. The summed E-state index contributed by atoms with van der Waals surface area (Å²) in [6.45, 7) is 5.52. The van der Waals surface area contributed by atoms with Crippen molar-refractivity contribution in [1.29, 1.82) is 0 Å². The van der Waals surface area contributed by atoms with Gasteiger partial charge in [-0.2, -0.15) is 0 Å². The number of nitrogens with one attached hydrogen (secondary N) is 1. The van der Waals surface area contributed by atoms with Gasteiger partial charge >= 0.3 is 5.97 Å². The van der Waals surface area contributed by atoms with Crippen LogP contribution < -0.4 is 10.2 Å². The predicted molar refractivity (Wildman–Crippen MR) is 99.6 cm³/mol. The lowest BCUT2D eigenvalue weighted by Gasteiger charge is -2.26. The van der Waals surface area contributed by atoms with Gasteiger partial charge in [0, 0.05) is 36.2 Å². The highest BCUT2D eigenvalue weighted by Crippen LogP contribution is 2.37. The Labute approximate surface area is 155 Å². The molecule has 7 heteroatoms. The maximum Gasteiger partial charge on any atom is 0.308 e. The molecule has 0 radical (unpaired) electrons. The van der Waals surface area contributed by atoms with Crippen LogP contribution in [0.15, 0.2) is 34.7 Å². The lowest BCUT2D eigenvalue weighted by molar-refractivity contribution is -0.131. The minimum absolute atomic E-state index is 0.253. The molecule has 1 aliphatic heterocycles. The van der Waals surface area contributed by atoms with Crippen LogP contribution in [0.4, 0.5) is 0 Å². The Hall–Kier alpha value is -2.90. The van der Waals surface area contributed by atoms with Crippen LogP contribution in [0, 0.1) is 6.92 Å². The number of hydrogen-bond donors (Lipinski definition) is 1. The van der Waals surface area contributed by atoms with Crippen molar-refractivity contribution in [3.8, 4) is 5.75 Å². The van der Waals surface area contributed by atoms with Crippen LogP contribution in [0.3, 0.4) is 0 Å². The standard InChI is InChI=1S/C20H20N2O5/c1-12-18(20(24)21-22-7-9-25-10-8-22)16-11-17(27-13(2)23)14-5-3-4-6-15(14)19(16)26-12/h3-6,11H,7-10H2,1-2H3,(H,21,24). The summed E-state index contributed by atoms with van der Waals surface area (Å²) >= 11 is 0. The molecule has 0 atom stereocenters. The Morgan fingerprint density at radius 1 is 1.11 bits per heavy atom. The number of hydrogen-bond acceptors (Lipinski definition) is 6. The van der Waals surface area contributed by atoms with Crippen LogP contribution in [0.25, 0.3) is 21.7 Å². The van der Waals surface area contributed by atoms with Crippen molar-refractivity contribution < 1.29 is 23.5 Å². The predicted octanol–water partition coefficient (Wildman–Crippen LogP) is 2.80. The lowest BCUT2D eigenvalue weighted by Crippen LogP contribution is -2.48. The van der Waals surface area contributed by atoms with E-state index in [1.54, 1.807) is 13.0 Å². The van der Waals surface area contributed by atoms with Crippen molar-refractivity contribution >= 4 is 33.6 Å². The van der Waals surface area contributed by atoms with E-state index in [1.165, 1.54) is 6.92 Å². The molecule has 4 rings (SSSR count). The van der Waals surface area contributed by atoms with Crippen molar-refractivity contribution in [2.24, 2.45) is 0 Å². The zero-order valence-electron chi connectivity index (χ0n) is 15.2. The number of ether oxygens (including phenoxy) is 2. The summed E-state index contributed by atoms with van der Waals surface area (Å²) in [4.78, 5) is 24.5. The molecule has 0 unspecified atom stereocenters. The van der Waals surface area contributed by atoms with E-state index in [-0.39, 0.29) is 5.91 Å². The number of fused-ring (bicyclic) bond motifs is 3. The summed E-state index contributed by atoms with van der Waals surface area (Å²) < 4.78 is 16.6. The zero-order valence-corrected chi connectivity index (χ0v) is 15.2. The fraction of sp³-hybridized carbons (Fsp3) is 0.300. The molecule has 1 N–H and O–H groups in total. The van der Waals surface area contributed by atoms with Gasteiger partial charge in [-0.3, -0.25) is 15.0 Å². The molecule has 7 nitrogen and oxygen atoms in total. The average molecular weight is 368 g/mol. The van der Waals surface area contributed by atoms with Crippen molar-refractivity contribution in [3.63, 3.8) is 0 Å². The van der Waals surface area contributed by atoms with E-state index in [9.17, 15) is 9.59 Å². The van der Waals surface area contributed by atoms with E-state index in [0.717, 1.165) is 10.8 Å². The monoisotopic (exact) mass is 368 g/mol. The Morgan fingerprint density at radius 2 is 1.81 bits per heavy atom. The summed E-state index contributed by atoms with van der Waals surface area (Å²) in [5, 5.41) is 4.00.